The Balaban J connectivity index is -0.000000142. The summed E-state index contributed by atoms with van der Waals surface area (Å²) < 4.78 is 399. The van der Waals surface area contributed by atoms with Crippen LogP contribution in [0.15, 0.2) is 124 Å². The van der Waals surface area contributed by atoms with E-state index in [2.05, 4.69) is 77.2 Å². The van der Waals surface area contributed by atoms with Crippen LogP contribution in [0.3, 0.4) is 0 Å². The number of aromatic amines is 2. The molecule has 4 N–H and O–H groups in total. The molecule has 0 unspecified atom stereocenters. The molecule has 1 saturated heterocycles. The van der Waals surface area contributed by atoms with E-state index in [9.17, 15) is 27.2 Å². The Kier molecular flexibility index (Phi) is 88.0. The highest BCUT2D eigenvalue weighted by Gasteiger charge is 2.52. The molecule has 66 heteroatoms. The third kappa shape index (κ3) is 43.1. The SMILES string of the molecule is C.CC1(C)OB(c2cn[nH]c2)OC1(C)C.Cc1ccc(-c2noc(C3CC(F)(F)C3)n2)cc1NC(=O)c1cnc2ccc(-c3cn[nH]c3)cn12.Cc1ccc(-c2noc(C3CC(F)(F)C3)n2)cc1NC(=O)c1cnc2ccc(Br)cn12.FF.FF.FF.FF.FF.FF.FF.FF.FF.FF.FF.FF.FF.FF.FF.FF.FF.FF.FF.FF. The number of hydrogen-bond acceptors (Lipinski definition) is 14. The molecule has 0 radical (unpaired) electrons. The average molecular weight is 1930 g/mol. The summed E-state index contributed by atoms with van der Waals surface area (Å²) in [5.74, 6) is -5.85. The molecule has 13 rings (SSSR count). The number of pyridine rings is 2. The zero-order valence-corrected chi connectivity index (χ0v) is 60.5. The van der Waals surface area contributed by atoms with E-state index < -0.39 is 23.7 Å². The first kappa shape index (κ1) is 133. The number of alkyl halides is 4. The van der Waals surface area contributed by atoms with Crippen LogP contribution in [0.2, 0.25) is 0 Å². The second kappa shape index (κ2) is 79.9. The number of imidazole rings is 2. The normalized spacial score (nSPS) is 12.2. The number of amides is 2. The van der Waals surface area contributed by atoms with Crippen LogP contribution in [0.4, 0.5) is 212 Å². The monoisotopic (exact) mass is 1930 g/mol. The molecule has 121 heavy (non-hydrogen) atoms. The van der Waals surface area contributed by atoms with Crippen molar-refractivity contribution in [3.8, 4) is 33.9 Å². The molecular formula is C55H54BBrF44N14O6. The maximum absolute atomic E-state index is 13.2. The fraction of sp³-hybridized carbons (Fsp3) is 0.309. The fourth-order valence-corrected chi connectivity index (χ4v) is 9.43. The van der Waals surface area contributed by atoms with Gasteiger partial charge in [0.2, 0.25) is 35.3 Å². The highest BCUT2D eigenvalue weighted by Crippen LogP contribution is 2.49. The summed E-state index contributed by atoms with van der Waals surface area (Å²) in [6.45, 7) is 11.9. The highest BCUT2D eigenvalue weighted by atomic mass is 79.9. The van der Waals surface area contributed by atoms with Gasteiger partial charge in [0.25, 0.3) is 11.8 Å². The number of aromatic nitrogens is 12. The van der Waals surface area contributed by atoms with Crippen molar-refractivity contribution in [2.75, 3.05) is 10.6 Å². The summed E-state index contributed by atoms with van der Waals surface area (Å²) in [5.41, 5.74) is 8.21. The van der Waals surface area contributed by atoms with Crippen molar-refractivity contribution in [2.24, 2.45) is 0 Å². The predicted octanol–water partition coefficient (Wildman–Crippen LogP) is 28.2. The Morgan fingerprint density at radius 2 is 0.744 bits per heavy atom. The lowest BCUT2D eigenvalue weighted by Gasteiger charge is -2.32. The van der Waals surface area contributed by atoms with Crippen molar-refractivity contribution in [2.45, 2.75) is 110 Å². The lowest BCUT2D eigenvalue weighted by Crippen LogP contribution is -2.41. The quantitative estimate of drug-likeness (QED) is 0.0735. The molecular weight excluding hydrogens is 1880 g/mol. The number of nitrogens with zero attached hydrogens (tertiary/aromatic N) is 10. The van der Waals surface area contributed by atoms with Crippen LogP contribution in [0, 0.1) is 13.8 Å². The summed E-state index contributed by atoms with van der Waals surface area (Å²) in [6.07, 6.45) is 12.5. The predicted molar refractivity (Wildman–Crippen MR) is 340 cm³/mol. The van der Waals surface area contributed by atoms with Gasteiger partial charge >= 0.3 is 7.12 Å². The Morgan fingerprint density at radius 1 is 0.430 bits per heavy atom. The summed E-state index contributed by atoms with van der Waals surface area (Å²) >= 11 is 3.40. The van der Waals surface area contributed by atoms with E-state index in [0.29, 0.717) is 51.0 Å². The number of nitrogens with one attached hydrogen (secondary N) is 4. The average Bonchev–Trinajstić information content (AvgIpc) is 1.61. The van der Waals surface area contributed by atoms with Gasteiger partial charge in [-0.15, -0.1) is 0 Å². The number of H-pyrrole nitrogens is 2. The molecule has 1 aliphatic heterocycles. The molecule has 10 aromatic rings. The van der Waals surface area contributed by atoms with Gasteiger partial charge in [-0.1, -0.05) is 42.0 Å². The third-order valence-electron chi connectivity index (χ3n) is 14.6. The number of carbonyl (C=O) groups excluding carboxylic acids is 2. The third-order valence-corrected chi connectivity index (χ3v) is 15.0. The first-order valence-electron chi connectivity index (χ1n) is 28.1. The maximum atomic E-state index is 13.2. The number of benzene rings is 2. The summed E-state index contributed by atoms with van der Waals surface area (Å²) in [6, 6.07) is 18.1. The number of fused-ring (bicyclic) bond motifs is 2. The summed E-state index contributed by atoms with van der Waals surface area (Å²) in [4.78, 5) is 43.2. The molecule has 2 aromatic carbocycles. The van der Waals surface area contributed by atoms with Gasteiger partial charge in [0.15, 0.2) is 0 Å². The van der Waals surface area contributed by atoms with E-state index in [1.54, 1.807) is 70.1 Å². The second-order valence-corrected chi connectivity index (χ2v) is 21.8. The van der Waals surface area contributed by atoms with Gasteiger partial charge in [0.1, 0.15) is 22.7 Å². The second-order valence-electron chi connectivity index (χ2n) is 20.9. The van der Waals surface area contributed by atoms with E-state index in [1.165, 1.54) is 12.4 Å². The molecule has 20 nitrogen and oxygen atoms in total. The van der Waals surface area contributed by atoms with Gasteiger partial charge in [-0.25, -0.2) is 27.5 Å². The Morgan fingerprint density at radius 3 is 1.06 bits per heavy atom. The van der Waals surface area contributed by atoms with E-state index in [0.717, 1.165) is 32.2 Å². The van der Waals surface area contributed by atoms with Crippen LogP contribution >= 0.6 is 15.9 Å². The van der Waals surface area contributed by atoms with Gasteiger partial charge < -0.3 is 29.0 Å². The van der Waals surface area contributed by atoms with Crippen molar-refractivity contribution in [1.29, 1.82) is 0 Å². The molecule has 698 valence electrons. The molecule has 8 aromatic heterocycles. The molecule has 0 bridgehead atoms. The van der Waals surface area contributed by atoms with Crippen molar-refractivity contribution in [3.05, 3.63) is 149 Å². The van der Waals surface area contributed by atoms with Gasteiger partial charge in [-0.3, -0.25) is 28.6 Å². The van der Waals surface area contributed by atoms with Crippen molar-refractivity contribution in [1.82, 2.24) is 59.4 Å². The fourth-order valence-electron chi connectivity index (χ4n) is 9.09. The Bertz CT molecular complexity index is 3980. The maximum Gasteiger partial charge on any atom is 0.498 e. The molecule has 0 atom stereocenters. The van der Waals surface area contributed by atoms with Crippen LogP contribution < -0.4 is 16.1 Å². The lowest BCUT2D eigenvalue weighted by atomic mass is 9.81. The lowest BCUT2D eigenvalue weighted by molar-refractivity contribution is -0.0930. The van der Waals surface area contributed by atoms with Gasteiger partial charge in [-0.2, -0.15) is 20.2 Å². The van der Waals surface area contributed by atoms with Crippen LogP contribution in [-0.2, 0) is 9.31 Å². The minimum absolute atomic E-state index is 0. The first-order chi connectivity index (χ1) is 58.1. The summed E-state index contributed by atoms with van der Waals surface area (Å²) in [5, 5.41) is 27.1. The smallest absolute Gasteiger partial charge is 0.399 e. The zero-order valence-electron chi connectivity index (χ0n) is 58.9. The minimum atomic E-state index is -2.67. The van der Waals surface area contributed by atoms with Gasteiger partial charge in [0, 0.05) is 295 Å². The molecule has 9 heterocycles. The van der Waals surface area contributed by atoms with Gasteiger partial charge in [0.05, 0.1) is 29.8 Å². The van der Waals surface area contributed by atoms with E-state index >= 15 is 0 Å². The highest BCUT2D eigenvalue weighted by molar-refractivity contribution is 9.10. The van der Waals surface area contributed by atoms with Crippen molar-refractivity contribution >= 4 is 63.0 Å². The van der Waals surface area contributed by atoms with Crippen LogP contribution in [0.5, 0.6) is 0 Å². The van der Waals surface area contributed by atoms with E-state index in [1.807, 2.05) is 78.1 Å². The minimum Gasteiger partial charge on any atom is -0.399 e. The molecule has 0 spiro atoms. The number of rotatable bonds is 10. The van der Waals surface area contributed by atoms with E-state index in [-0.39, 0.29) is 80.9 Å². The molecule has 2 saturated carbocycles. The summed E-state index contributed by atoms with van der Waals surface area (Å²) in [7, 11) is -0.307. The Hall–Kier alpha value is -11.2. The van der Waals surface area contributed by atoms with Crippen LogP contribution in [-0.4, -0.2) is 101 Å². The number of hydrogen-bond donors (Lipinski definition) is 4. The standard InChI is InChI=1S/C24H19F2N7O2.C21H16BrF2N5O2.C9H15BN2O2.CH4.20F2/c1-13-2-3-14(21-31-23(35-32-21)16-7-24(25,26)8-16)6-18(13)30-22(34)19-11-27-20-5-4-15(12-33(19)20)17-9-28-29-10-17;1-11-2-3-12(18-27-20(31-28-18)13-7-21(23,24)8-13)6-15(11)26-19(30)16-9-25-17-5-4-14(22)10-29(16)17;1-8(2)9(3,4)14-10(13-8)7-5-11-12-6-7;;20*1-2/h2-6,9-12,16H,7-8H2,1H3,(H,28,29)(H,30,34);2-6,9-10,13H,7-8H2,1H3,(H,26,30);5-6H,1-4H3,(H,11,12);1H4;;;;;;;;;;;;;;;;;;;;. The molecule has 2 aliphatic carbocycles. The molecule has 3 fully saturated rings. The topological polar surface area (TPSA) is 246 Å². The van der Waals surface area contributed by atoms with Crippen LogP contribution in [0.25, 0.3) is 45.2 Å². The van der Waals surface area contributed by atoms with E-state index in [4.69, 9.17) is 201 Å². The number of anilines is 2. The van der Waals surface area contributed by atoms with Gasteiger partial charge in [-0.05, 0) is 105 Å². The van der Waals surface area contributed by atoms with Crippen molar-refractivity contribution in [3.63, 3.8) is 0 Å². The first-order valence-corrected chi connectivity index (χ1v) is 28.9. The number of carbonyl (C=O) groups is 2. The zero-order chi connectivity index (χ0) is 96.3. The van der Waals surface area contributed by atoms with Crippen LogP contribution in [0.1, 0.15) is 117 Å². The molecule has 3 aliphatic rings. The molecule has 2 amide bonds. The van der Waals surface area contributed by atoms with Crippen molar-refractivity contribution < 1.29 is 228 Å². The Labute approximate surface area is 653 Å². The largest absolute Gasteiger partial charge is 0.498 e. The number of aryl methyl sites for hydroxylation is 2. The number of halogens is 45.